The van der Waals surface area contributed by atoms with Gasteiger partial charge in [0.05, 0.1) is 23.2 Å². The van der Waals surface area contributed by atoms with E-state index in [2.05, 4.69) is 5.32 Å². The number of esters is 1. The standard InChI is InChI=1S/C14H20ClNO4/c1-14(2,3)20-13(19)9-4-5-11(12(18)6-9)16-8-10(17)7-15/h4-6,10,16-18H,7-8H2,1-3H3. The van der Waals surface area contributed by atoms with Crippen molar-refractivity contribution in [1.82, 2.24) is 0 Å². The summed E-state index contributed by atoms with van der Waals surface area (Å²) in [5, 5.41) is 22.0. The Bertz CT molecular complexity index is 471. The molecule has 112 valence electrons. The summed E-state index contributed by atoms with van der Waals surface area (Å²) in [6.07, 6.45) is -0.707. The number of alkyl halides is 1. The normalized spacial score (nSPS) is 12.8. The van der Waals surface area contributed by atoms with E-state index in [1.165, 1.54) is 6.07 Å². The van der Waals surface area contributed by atoms with Gasteiger partial charge in [0, 0.05) is 6.54 Å². The zero-order valence-electron chi connectivity index (χ0n) is 11.8. The van der Waals surface area contributed by atoms with E-state index in [0.717, 1.165) is 0 Å². The van der Waals surface area contributed by atoms with Gasteiger partial charge >= 0.3 is 5.97 Å². The molecule has 1 rings (SSSR count). The van der Waals surface area contributed by atoms with E-state index in [1.54, 1.807) is 32.9 Å². The molecular formula is C14H20ClNO4. The molecule has 3 N–H and O–H groups in total. The molecule has 0 spiro atoms. The van der Waals surface area contributed by atoms with E-state index < -0.39 is 17.7 Å². The lowest BCUT2D eigenvalue weighted by Crippen LogP contribution is -2.24. The predicted octanol–water partition coefficient (Wildman–Crippen LogP) is 2.36. The van der Waals surface area contributed by atoms with Gasteiger partial charge in [0.1, 0.15) is 11.4 Å². The molecular weight excluding hydrogens is 282 g/mol. The van der Waals surface area contributed by atoms with Crippen molar-refractivity contribution in [2.24, 2.45) is 0 Å². The fourth-order valence-electron chi connectivity index (χ4n) is 1.43. The summed E-state index contributed by atoms with van der Waals surface area (Å²) in [6, 6.07) is 4.42. The zero-order valence-corrected chi connectivity index (χ0v) is 12.6. The molecule has 0 radical (unpaired) electrons. The molecule has 0 amide bonds. The first-order valence-electron chi connectivity index (χ1n) is 6.27. The smallest absolute Gasteiger partial charge is 0.338 e. The highest BCUT2D eigenvalue weighted by molar-refractivity contribution is 6.18. The Morgan fingerprint density at radius 3 is 2.60 bits per heavy atom. The van der Waals surface area contributed by atoms with Gasteiger partial charge in [-0.2, -0.15) is 0 Å². The first-order valence-corrected chi connectivity index (χ1v) is 6.80. The van der Waals surface area contributed by atoms with Gasteiger partial charge in [0.2, 0.25) is 0 Å². The maximum absolute atomic E-state index is 11.8. The second-order valence-electron chi connectivity index (χ2n) is 5.42. The predicted molar refractivity (Wildman–Crippen MR) is 78.5 cm³/mol. The van der Waals surface area contributed by atoms with Gasteiger partial charge in [-0.1, -0.05) is 0 Å². The van der Waals surface area contributed by atoms with Crippen LogP contribution in [0.4, 0.5) is 5.69 Å². The van der Waals surface area contributed by atoms with E-state index in [0.29, 0.717) is 5.69 Å². The Morgan fingerprint density at radius 2 is 2.10 bits per heavy atom. The summed E-state index contributed by atoms with van der Waals surface area (Å²) in [4.78, 5) is 11.8. The molecule has 1 atom stereocenters. The van der Waals surface area contributed by atoms with Crippen LogP contribution in [0.3, 0.4) is 0 Å². The number of rotatable bonds is 5. The number of nitrogens with one attached hydrogen (secondary N) is 1. The van der Waals surface area contributed by atoms with Gasteiger partial charge in [-0.15, -0.1) is 11.6 Å². The Balaban J connectivity index is 2.75. The average molecular weight is 302 g/mol. The van der Waals surface area contributed by atoms with E-state index in [-0.39, 0.29) is 23.7 Å². The fraction of sp³-hybridized carbons (Fsp3) is 0.500. The maximum atomic E-state index is 11.8. The maximum Gasteiger partial charge on any atom is 0.338 e. The van der Waals surface area contributed by atoms with Crippen molar-refractivity contribution in [3.63, 3.8) is 0 Å². The Morgan fingerprint density at radius 1 is 1.45 bits per heavy atom. The zero-order chi connectivity index (χ0) is 15.3. The number of aliphatic hydroxyl groups excluding tert-OH is 1. The molecule has 0 fully saturated rings. The van der Waals surface area contributed by atoms with Crippen LogP contribution in [-0.4, -0.2) is 40.3 Å². The highest BCUT2D eigenvalue weighted by atomic mass is 35.5. The van der Waals surface area contributed by atoms with Gasteiger partial charge in [0.25, 0.3) is 0 Å². The van der Waals surface area contributed by atoms with E-state index >= 15 is 0 Å². The number of anilines is 1. The van der Waals surface area contributed by atoms with Crippen molar-refractivity contribution in [1.29, 1.82) is 0 Å². The number of benzene rings is 1. The Kier molecular flexibility index (Phi) is 5.65. The number of hydrogen-bond donors (Lipinski definition) is 3. The van der Waals surface area contributed by atoms with Gasteiger partial charge < -0.3 is 20.3 Å². The quantitative estimate of drug-likeness (QED) is 0.442. The fourth-order valence-corrected chi connectivity index (χ4v) is 1.54. The average Bonchev–Trinajstić information content (AvgIpc) is 2.34. The van der Waals surface area contributed by atoms with Crippen LogP contribution in [0, 0.1) is 0 Å². The summed E-state index contributed by atoms with van der Waals surface area (Å²) < 4.78 is 5.21. The molecule has 6 heteroatoms. The van der Waals surface area contributed by atoms with Gasteiger partial charge in [-0.3, -0.25) is 0 Å². The minimum Gasteiger partial charge on any atom is -0.506 e. The molecule has 1 unspecified atom stereocenters. The molecule has 0 aliphatic carbocycles. The van der Waals surface area contributed by atoms with Crippen molar-refractivity contribution < 1.29 is 19.7 Å². The summed E-state index contributed by atoms with van der Waals surface area (Å²) in [5.74, 6) is -0.487. The number of aliphatic hydroxyl groups is 1. The van der Waals surface area contributed by atoms with E-state index in [1.807, 2.05) is 0 Å². The molecule has 1 aromatic rings. The van der Waals surface area contributed by atoms with Crippen LogP contribution in [0.2, 0.25) is 0 Å². The van der Waals surface area contributed by atoms with Crippen molar-refractivity contribution in [2.75, 3.05) is 17.7 Å². The molecule has 0 aromatic heterocycles. The van der Waals surface area contributed by atoms with Crippen LogP contribution in [-0.2, 0) is 4.74 Å². The van der Waals surface area contributed by atoms with Crippen LogP contribution in [0.1, 0.15) is 31.1 Å². The molecule has 0 bridgehead atoms. The minimum absolute atomic E-state index is 0.0878. The largest absolute Gasteiger partial charge is 0.506 e. The summed E-state index contributed by atoms with van der Waals surface area (Å²) in [6.45, 7) is 5.53. The highest BCUT2D eigenvalue weighted by Crippen LogP contribution is 2.25. The van der Waals surface area contributed by atoms with Crippen LogP contribution in [0.15, 0.2) is 18.2 Å². The lowest BCUT2D eigenvalue weighted by molar-refractivity contribution is 0.00691. The second kappa shape index (κ2) is 6.81. The third-order valence-corrected chi connectivity index (χ3v) is 2.69. The molecule has 0 saturated heterocycles. The van der Waals surface area contributed by atoms with Gasteiger partial charge in [-0.25, -0.2) is 4.79 Å². The molecule has 20 heavy (non-hydrogen) atoms. The summed E-state index contributed by atoms with van der Waals surface area (Å²) in [5.41, 5.74) is 0.0935. The third-order valence-electron chi connectivity index (χ3n) is 2.34. The minimum atomic E-state index is -0.707. The third kappa shape index (κ3) is 5.27. The number of halogens is 1. The lowest BCUT2D eigenvalue weighted by atomic mass is 10.1. The lowest BCUT2D eigenvalue weighted by Gasteiger charge is -2.19. The molecule has 0 aliphatic heterocycles. The number of hydrogen-bond acceptors (Lipinski definition) is 5. The molecule has 5 nitrogen and oxygen atoms in total. The number of carbonyl (C=O) groups is 1. The highest BCUT2D eigenvalue weighted by Gasteiger charge is 2.18. The Labute approximate surface area is 123 Å². The van der Waals surface area contributed by atoms with Crippen LogP contribution < -0.4 is 5.32 Å². The first-order chi connectivity index (χ1) is 9.23. The van der Waals surface area contributed by atoms with Crippen molar-refractivity contribution >= 4 is 23.3 Å². The monoisotopic (exact) mass is 301 g/mol. The van der Waals surface area contributed by atoms with E-state index in [4.69, 9.17) is 16.3 Å². The number of aromatic hydroxyl groups is 1. The molecule has 0 saturated carbocycles. The number of phenolic OH excluding ortho intramolecular Hbond substituents is 1. The molecule has 1 aromatic carbocycles. The van der Waals surface area contributed by atoms with Crippen LogP contribution >= 0.6 is 11.6 Å². The second-order valence-corrected chi connectivity index (χ2v) is 5.73. The first kappa shape index (κ1) is 16.6. The van der Waals surface area contributed by atoms with Gasteiger partial charge in [-0.05, 0) is 39.0 Å². The van der Waals surface area contributed by atoms with Gasteiger partial charge in [0.15, 0.2) is 0 Å². The number of carbonyl (C=O) groups excluding carboxylic acids is 1. The molecule has 0 aliphatic rings. The van der Waals surface area contributed by atoms with Crippen molar-refractivity contribution in [3.8, 4) is 5.75 Å². The summed E-state index contributed by atoms with van der Waals surface area (Å²) >= 11 is 5.47. The van der Waals surface area contributed by atoms with E-state index in [9.17, 15) is 15.0 Å². The summed E-state index contributed by atoms with van der Waals surface area (Å²) in [7, 11) is 0. The van der Waals surface area contributed by atoms with Crippen LogP contribution in [0.5, 0.6) is 5.75 Å². The SMILES string of the molecule is CC(C)(C)OC(=O)c1ccc(NCC(O)CCl)c(O)c1. The van der Waals surface area contributed by atoms with Crippen molar-refractivity contribution in [3.05, 3.63) is 23.8 Å². The van der Waals surface area contributed by atoms with Crippen LogP contribution in [0.25, 0.3) is 0 Å². The topological polar surface area (TPSA) is 78.8 Å². The molecule has 0 heterocycles. The van der Waals surface area contributed by atoms with Crippen molar-refractivity contribution in [2.45, 2.75) is 32.5 Å². The number of ether oxygens (including phenoxy) is 1. The Hall–Kier alpha value is -1.46. The number of phenols is 1.